The summed E-state index contributed by atoms with van der Waals surface area (Å²) in [6.45, 7) is 0. The number of nitrogens with one attached hydrogen (secondary N) is 1. The molecule has 21 heavy (non-hydrogen) atoms. The smallest absolute Gasteiger partial charge is 0.225 e. The van der Waals surface area contributed by atoms with E-state index in [1.54, 1.807) is 11.3 Å². The van der Waals surface area contributed by atoms with E-state index < -0.39 is 0 Å². The van der Waals surface area contributed by atoms with Crippen LogP contribution in [0, 0.1) is 0 Å². The minimum absolute atomic E-state index is 0.334. The molecule has 2 atom stereocenters. The van der Waals surface area contributed by atoms with Gasteiger partial charge in [0.15, 0.2) is 0 Å². The highest BCUT2D eigenvalue weighted by atomic mass is 35.5. The van der Waals surface area contributed by atoms with Crippen molar-refractivity contribution in [3.8, 4) is 0 Å². The summed E-state index contributed by atoms with van der Waals surface area (Å²) in [5.41, 5.74) is 0. The summed E-state index contributed by atoms with van der Waals surface area (Å²) < 4.78 is 0. The average molecular weight is 323 g/mol. The Labute approximate surface area is 133 Å². The van der Waals surface area contributed by atoms with Gasteiger partial charge in [0.25, 0.3) is 0 Å². The number of hydrogen-bond donors (Lipinski definition) is 1. The molecule has 2 aliphatic rings. The molecular weight excluding hydrogens is 304 g/mol. The van der Waals surface area contributed by atoms with Crippen LogP contribution in [0.3, 0.4) is 0 Å². The monoisotopic (exact) mass is 322 g/mol. The van der Waals surface area contributed by atoms with Crippen LogP contribution in [0.15, 0.2) is 11.4 Å². The number of piperidine rings is 2. The first kappa shape index (κ1) is 13.7. The molecule has 4 heterocycles. The van der Waals surface area contributed by atoms with E-state index in [4.69, 9.17) is 11.6 Å². The van der Waals surface area contributed by atoms with Crippen LogP contribution >= 0.6 is 22.9 Å². The van der Waals surface area contributed by atoms with Gasteiger partial charge >= 0.3 is 0 Å². The van der Waals surface area contributed by atoms with Crippen molar-refractivity contribution in [3.05, 3.63) is 16.7 Å². The molecule has 2 unspecified atom stereocenters. The van der Waals surface area contributed by atoms with Gasteiger partial charge < -0.3 is 10.2 Å². The van der Waals surface area contributed by atoms with Crippen molar-refractivity contribution >= 4 is 39.0 Å². The summed E-state index contributed by atoms with van der Waals surface area (Å²) in [7, 11) is 2.28. The van der Waals surface area contributed by atoms with Gasteiger partial charge in [-0.25, -0.2) is 9.97 Å². The maximum Gasteiger partial charge on any atom is 0.225 e. The number of thiophene rings is 1. The molecule has 2 fully saturated rings. The summed E-state index contributed by atoms with van der Waals surface area (Å²) in [6.07, 6.45) is 6.41. The van der Waals surface area contributed by atoms with Crippen molar-refractivity contribution in [3.63, 3.8) is 0 Å². The van der Waals surface area contributed by atoms with E-state index in [0.29, 0.717) is 23.4 Å². The molecule has 0 saturated carbocycles. The molecule has 0 aromatic carbocycles. The Bertz CT molecular complexity index is 644. The van der Waals surface area contributed by atoms with Gasteiger partial charge in [0, 0.05) is 18.1 Å². The fourth-order valence-corrected chi connectivity index (χ4v) is 4.85. The number of anilines is 1. The molecule has 0 aliphatic carbocycles. The Morgan fingerprint density at radius 1 is 1.29 bits per heavy atom. The third kappa shape index (κ3) is 2.51. The highest BCUT2D eigenvalue weighted by Crippen LogP contribution is 2.35. The minimum atomic E-state index is 0.334. The molecule has 2 aliphatic heterocycles. The predicted octanol–water partition coefficient (Wildman–Crippen LogP) is 3.77. The van der Waals surface area contributed by atoms with Crippen LogP contribution in [0.4, 0.5) is 5.82 Å². The lowest BCUT2D eigenvalue weighted by molar-refractivity contribution is 0.0608. The van der Waals surface area contributed by atoms with Crippen molar-refractivity contribution < 1.29 is 0 Å². The van der Waals surface area contributed by atoms with E-state index in [0.717, 1.165) is 16.0 Å². The molecule has 6 heteroatoms. The lowest BCUT2D eigenvalue weighted by Crippen LogP contribution is -2.52. The standard InChI is InChI=1S/C15H19ClN4S/c1-20-10-3-2-4-11(20)8-9(7-10)17-13-12-5-6-21-14(12)19-15(16)18-13/h5-6,9-11H,2-4,7-8H2,1H3,(H,17,18,19). The molecule has 4 rings (SSSR count). The molecule has 0 radical (unpaired) electrons. The molecule has 2 aromatic rings. The molecule has 0 amide bonds. The summed E-state index contributed by atoms with van der Waals surface area (Å²) >= 11 is 7.66. The zero-order valence-corrected chi connectivity index (χ0v) is 13.6. The fourth-order valence-electron chi connectivity index (χ4n) is 3.87. The lowest BCUT2D eigenvalue weighted by Gasteiger charge is -2.47. The van der Waals surface area contributed by atoms with Crippen molar-refractivity contribution in [2.45, 2.75) is 50.2 Å². The fraction of sp³-hybridized carbons (Fsp3) is 0.600. The highest BCUT2D eigenvalue weighted by molar-refractivity contribution is 7.16. The van der Waals surface area contributed by atoms with Gasteiger partial charge in [0.2, 0.25) is 5.28 Å². The summed E-state index contributed by atoms with van der Waals surface area (Å²) in [6, 6.07) is 4.00. The van der Waals surface area contributed by atoms with E-state index in [2.05, 4.69) is 33.3 Å². The number of fused-ring (bicyclic) bond motifs is 3. The third-order valence-corrected chi connectivity index (χ3v) is 5.95. The normalized spacial score (nSPS) is 29.7. The molecule has 4 nitrogen and oxygen atoms in total. The van der Waals surface area contributed by atoms with Gasteiger partial charge in [-0.1, -0.05) is 6.42 Å². The lowest BCUT2D eigenvalue weighted by atomic mass is 9.82. The Morgan fingerprint density at radius 2 is 2.05 bits per heavy atom. The van der Waals surface area contributed by atoms with Crippen LogP contribution in [0.2, 0.25) is 5.28 Å². The highest BCUT2D eigenvalue weighted by Gasteiger charge is 2.36. The van der Waals surface area contributed by atoms with Crippen molar-refractivity contribution in [2.75, 3.05) is 12.4 Å². The quantitative estimate of drug-likeness (QED) is 0.854. The van der Waals surface area contributed by atoms with Gasteiger partial charge in [0.1, 0.15) is 10.6 Å². The van der Waals surface area contributed by atoms with Crippen LogP contribution in [-0.4, -0.2) is 40.0 Å². The largest absolute Gasteiger partial charge is 0.367 e. The van der Waals surface area contributed by atoms with Crippen LogP contribution in [0.25, 0.3) is 10.2 Å². The second kappa shape index (κ2) is 5.38. The number of aromatic nitrogens is 2. The Hall–Kier alpha value is -0.910. The zero-order chi connectivity index (χ0) is 14.4. The molecule has 2 saturated heterocycles. The van der Waals surface area contributed by atoms with Gasteiger partial charge in [0.05, 0.1) is 5.39 Å². The Kier molecular flexibility index (Phi) is 3.52. The third-order valence-electron chi connectivity index (χ3n) is 4.98. The molecule has 1 N–H and O–H groups in total. The Balaban J connectivity index is 1.59. The SMILES string of the molecule is CN1C2CCCC1CC(Nc1nc(Cl)nc3sccc13)C2. The van der Waals surface area contributed by atoms with Gasteiger partial charge in [-0.3, -0.25) is 0 Å². The van der Waals surface area contributed by atoms with E-state index in [-0.39, 0.29) is 0 Å². The molecule has 112 valence electrons. The van der Waals surface area contributed by atoms with Crippen LogP contribution < -0.4 is 5.32 Å². The second-order valence-electron chi connectivity index (χ2n) is 6.20. The first-order valence-electron chi connectivity index (χ1n) is 7.60. The van der Waals surface area contributed by atoms with E-state index >= 15 is 0 Å². The first-order valence-corrected chi connectivity index (χ1v) is 8.85. The predicted molar refractivity (Wildman–Crippen MR) is 88.3 cm³/mol. The number of nitrogens with zero attached hydrogens (tertiary/aromatic N) is 3. The number of hydrogen-bond acceptors (Lipinski definition) is 5. The van der Waals surface area contributed by atoms with Crippen LogP contribution in [-0.2, 0) is 0 Å². The summed E-state index contributed by atoms with van der Waals surface area (Å²) in [4.78, 5) is 12.2. The summed E-state index contributed by atoms with van der Waals surface area (Å²) in [5.74, 6) is 0.902. The van der Waals surface area contributed by atoms with Gasteiger partial charge in [-0.05, 0) is 55.8 Å². The minimum Gasteiger partial charge on any atom is -0.367 e. The topological polar surface area (TPSA) is 41.0 Å². The second-order valence-corrected chi connectivity index (χ2v) is 7.43. The zero-order valence-electron chi connectivity index (χ0n) is 12.1. The molecule has 2 aromatic heterocycles. The van der Waals surface area contributed by atoms with Crippen molar-refractivity contribution in [2.24, 2.45) is 0 Å². The number of halogens is 1. The van der Waals surface area contributed by atoms with E-state index in [1.165, 1.54) is 32.1 Å². The van der Waals surface area contributed by atoms with E-state index in [9.17, 15) is 0 Å². The number of rotatable bonds is 2. The van der Waals surface area contributed by atoms with Gasteiger partial charge in [-0.15, -0.1) is 11.3 Å². The van der Waals surface area contributed by atoms with Gasteiger partial charge in [-0.2, -0.15) is 0 Å². The molecule has 0 spiro atoms. The Morgan fingerprint density at radius 3 is 2.81 bits per heavy atom. The molecular formula is C15H19ClN4S. The molecule has 2 bridgehead atoms. The van der Waals surface area contributed by atoms with Crippen LogP contribution in [0.5, 0.6) is 0 Å². The van der Waals surface area contributed by atoms with Crippen molar-refractivity contribution in [1.82, 2.24) is 14.9 Å². The van der Waals surface area contributed by atoms with Crippen LogP contribution in [0.1, 0.15) is 32.1 Å². The maximum absolute atomic E-state index is 6.05. The summed E-state index contributed by atoms with van der Waals surface area (Å²) in [5, 5.41) is 7.12. The maximum atomic E-state index is 6.05. The average Bonchev–Trinajstić information content (AvgIpc) is 2.88. The first-order chi connectivity index (χ1) is 10.2. The van der Waals surface area contributed by atoms with E-state index in [1.807, 2.05) is 5.38 Å². The van der Waals surface area contributed by atoms with Crippen molar-refractivity contribution in [1.29, 1.82) is 0 Å².